The van der Waals surface area contributed by atoms with Gasteiger partial charge in [-0.2, -0.15) is 0 Å². The molecular formula is C20H31N3O3. The van der Waals surface area contributed by atoms with Crippen LogP contribution in [0.25, 0.3) is 0 Å². The van der Waals surface area contributed by atoms with Crippen LogP contribution in [0.5, 0.6) is 0 Å². The Hall–Kier alpha value is -1.66. The summed E-state index contributed by atoms with van der Waals surface area (Å²) in [6.45, 7) is 2.02. The Morgan fingerprint density at radius 2 is 2.04 bits per heavy atom. The van der Waals surface area contributed by atoms with Gasteiger partial charge >= 0.3 is 0 Å². The number of pyridine rings is 1. The normalized spacial score (nSPS) is 24.8. The van der Waals surface area contributed by atoms with Crippen molar-refractivity contribution in [2.45, 2.75) is 63.5 Å². The number of H-pyrrole nitrogens is 1. The monoisotopic (exact) mass is 361 g/mol. The van der Waals surface area contributed by atoms with Crippen LogP contribution in [0.2, 0.25) is 0 Å². The van der Waals surface area contributed by atoms with E-state index in [4.69, 9.17) is 0 Å². The molecule has 2 heterocycles. The standard InChI is InChI=1S/C20H31N3O3/c24-18-17(8-4-11-22-18)14-21-15-20(26)10-5-12-23(19(20)25)13-9-16-6-2-1-3-7-16/h4,8,11,16,21,26H,1-3,5-7,9-10,12-15H2,(H,22,24). The molecule has 0 radical (unpaired) electrons. The fourth-order valence-electron chi connectivity index (χ4n) is 4.26. The van der Waals surface area contributed by atoms with E-state index in [1.807, 2.05) is 4.90 Å². The first-order chi connectivity index (χ1) is 12.6. The molecule has 2 fully saturated rings. The third-order valence-electron chi connectivity index (χ3n) is 5.87. The summed E-state index contributed by atoms with van der Waals surface area (Å²) in [5.74, 6) is 0.573. The first kappa shape index (κ1) is 19.1. The van der Waals surface area contributed by atoms with Gasteiger partial charge in [0.2, 0.25) is 0 Å². The number of nitrogens with zero attached hydrogens (tertiary/aromatic N) is 1. The number of hydrogen-bond acceptors (Lipinski definition) is 4. The summed E-state index contributed by atoms with van der Waals surface area (Å²) < 4.78 is 0. The summed E-state index contributed by atoms with van der Waals surface area (Å²) in [5.41, 5.74) is -0.892. The van der Waals surface area contributed by atoms with Gasteiger partial charge in [-0.15, -0.1) is 0 Å². The van der Waals surface area contributed by atoms with Crippen LogP contribution in [-0.2, 0) is 11.3 Å². The number of carbonyl (C=O) groups excluding carboxylic acids is 1. The highest BCUT2D eigenvalue weighted by Crippen LogP contribution is 2.28. The third-order valence-corrected chi connectivity index (χ3v) is 5.87. The fourth-order valence-corrected chi connectivity index (χ4v) is 4.26. The zero-order chi connectivity index (χ0) is 18.4. The lowest BCUT2D eigenvalue weighted by Crippen LogP contribution is -2.58. The van der Waals surface area contributed by atoms with Crippen molar-refractivity contribution in [3.05, 3.63) is 34.2 Å². The molecule has 1 saturated heterocycles. The number of nitrogens with one attached hydrogen (secondary N) is 2. The molecule has 1 aromatic heterocycles. The van der Waals surface area contributed by atoms with Gasteiger partial charge in [-0.3, -0.25) is 9.59 Å². The molecule has 1 atom stereocenters. The summed E-state index contributed by atoms with van der Waals surface area (Å²) in [6, 6.07) is 3.51. The second-order valence-electron chi connectivity index (χ2n) is 7.85. The maximum atomic E-state index is 12.8. The van der Waals surface area contributed by atoms with Gasteiger partial charge in [0.05, 0.1) is 0 Å². The van der Waals surface area contributed by atoms with Crippen molar-refractivity contribution < 1.29 is 9.90 Å². The third kappa shape index (κ3) is 4.74. The van der Waals surface area contributed by atoms with Crippen molar-refractivity contribution in [3.8, 4) is 0 Å². The summed E-state index contributed by atoms with van der Waals surface area (Å²) in [4.78, 5) is 29.0. The van der Waals surface area contributed by atoms with E-state index in [2.05, 4.69) is 10.3 Å². The largest absolute Gasteiger partial charge is 0.379 e. The summed E-state index contributed by atoms with van der Waals surface area (Å²) in [5, 5.41) is 13.9. The fraction of sp³-hybridized carbons (Fsp3) is 0.700. The van der Waals surface area contributed by atoms with Gasteiger partial charge in [-0.1, -0.05) is 38.2 Å². The van der Waals surface area contributed by atoms with Crippen LogP contribution < -0.4 is 10.9 Å². The second-order valence-corrected chi connectivity index (χ2v) is 7.85. The van der Waals surface area contributed by atoms with E-state index < -0.39 is 5.60 Å². The van der Waals surface area contributed by atoms with E-state index in [-0.39, 0.29) is 18.0 Å². The molecule has 6 nitrogen and oxygen atoms in total. The molecule has 0 bridgehead atoms. The van der Waals surface area contributed by atoms with Crippen molar-refractivity contribution in [3.63, 3.8) is 0 Å². The molecule has 1 amide bonds. The van der Waals surface area contributed by atoms with Crippen LogP contribution in [0.4, 0.5) is 0 Å². The average molecular weight is 361 g/mol. The Bertz CT molecular complexity index is 654. The van der Waals surface area contributed by atoms with Crippen molar-refractivity contribution in [2.75, 3.05) is 19.6 Å². The minimum absolute atomic E-state index is 0.143. The summed E-state index contributed by atoms with van der Waals surface area (Å²) in [7, 11) is 0. The molecule has 6 heteroatoms. The van der Waals surface area contributed by atoms with Crippen LogP contribution in [0.1, 0.15) is 56.9 Å². The molecule has 26 heavy (non-hydrogen) atoms. The van der Waals surface area contributed by atoms with E-state index >= 15 is 0 Å². The van der Waals surface area contributed by atoms with Crippen molar-refractivity contribution >= 4 is 5.91 Å². The average Bonchev–Trinajstić information content (AvgIpc) is 2.66. The smallest absolute Gasteiger partial charge is 0.255 e. The number of hydrogen-bond donors (Lipinski definition) is 3. The lowest BCUT2D eigenvalue weighted by atomic mass is 9.86. The molecule has 144 valence electrons. The van der Waals surface area contributed by atoms with Crippen molar-refractivity contribution in [2.24, 2.45) is 5.92 Å². The Balaban J connectivity index is 1.50. The Morgan fingerprint density at radius 1 is 1.23 bits per heavy atom. The molecule has 0 aromatic carbocycles. The predicted octanol–water partition coefficient (Wildman–Crippen LogP) is 1.79. The molecule has 0 spiro atoms. The Kier molecular flexibility index (Phi) is 6.48. The maximum Gasteiger partial charge on any atom is 0.255 e. The van der Waals surface area contributed by atoms with Gasteiger partial charge in [0.15, 0.2) is 5.60 Å². The number of aromatic nitrogens is 1. The second kappa shape index (κ2) is 8.82. The van der Waals surface area contributed by atoms with Crippen molar-refractivity contribution in [1.29, 1.82) is 0 Å². The molecule has 1 saturated carbocycles. The minimum atomic E-state index is -1.35. The van der Waals surface area contributed by atoms with Crippen LogP contribution in [-0.4, -0.2) is 46.1 Å². The SMILES string of the molecule is O=C1N(CCC2CCCCC2)CCCC1(O)CNCc1ccc[nH]c1=O. The number of likely N-dealkylation sites (tertiary alicyclic amines) is 1. The number of aromatic amines is 1. The summed E-state index contributed by atoms with van der Waals surface area (Å²) in [6.07, 6.45) is 10.5. The highest BCUT2D eigenvalue weighted by molar-refractivity contribution is 5.86. The number of carbonyl (C=O) groups is 1. The highest BCUT2D eigenvalue weighted by atomic mass is 16.3. The van der Waals surface area contributed by atoms with Gasteiger partial charge in [0.1, 0.15) is 0 Å². The lowest BCUT2D eigenvalue weighted by Gasteiger charge is -2.39. The van der Waals surface area contributed by atoms with Crippen LogP contribution >= 0.6 is 0 Å². The predicted molar refractivity (Wildman–Crippen MR) is 101 cm³/mol. The van der Waals surface area contributed by atoms with Gasteiger partial charge < -0.3 is 20.3 Å². The molecular weight excluding hydrogens is 330 g/mol. The molecule has 1 unspecified atom stereocenters. The molecule has 3 N–H and O–H groups in total. The quantitative estimate of drug-likeness (QED) is 0.691. The van der Waals surface area contributed by atoms with Gasteiger partial charge in [-0.05, 0) is 31.2 Å². The Labute approximate surface area is 155 Å². The van der Waals surface area contributed by atoms with E-state index in [1.165, 1.54) is 32.1 Å². The topological polar surface area (TPSA) is 85.4 Å². The number of aliphatic hydroxyl groups is 1. The molecule has 3 rings (SSSR count). The van der Waals surface area contributed by atoms with Crippen LogP contribution in [0.15, 0.2) is 23.1 Å². The lowest BCUT2D eigenvalue weighted by molar-refractivity contribution is -0.156. The van der Waals surface area contributed by atoms with E-state index in [0.717, 1.165) is 31.8 Å². The van der Waals surface area contributed by atoms with Crippen molar-refractivity contribution in [1.82, 2.24) is 15.2 Å². The number of piperidine rings is 1. The first-order valence-electron chi connectivity index (χ1n) is 9.97. The first-order valence-corrected chi connectivity index (χ1v) is 9.97. The van der Waals surface area contributed by atoms with Gasteiger partial charge in [-0.25, -0.2) is 0 Å². The molecule has 1 aliphatic carbocycles. The van der Waals surface area contributed by atoms with Crippen LogP contribution in [0, 0.1) is 5.92 Å². The zero-order valence-corrected chi connectivity index (χ0v) is 15.5. The molecule has 2 aliphatic rings. The summed E-state index contributed by atoms with van der Waals surface area (Å²) >= 11 is 0. The Morgan fingerprint density at radius 3 is 2.81 bits per heavy atom. The highest BCUT2D eigenvalue weighted by Gasteiger charge is 2.41. The van der Waals surface area contributed by atoms with E-state index in [0.29, 0.717) is 18.5 Å². The van der Waals surface area contributed by atoms with E-state index in [1.54, 1.807) is 18.3 Å². The van der Waals surface area contributed by atoms with Gasteiger partial charge in [0, 0.05) is 37.9 Å². The number of rotatable bonds is 7. The van der Waals surface area contributed by atoms with E-state index in [9.17, 15) is 14.7 Å². The minimum Gasteiger partial charge on any atom is -0.379 e. The van der Waals surface area contributed by atoms with Crippen LogP contribution in [0.3, 0.4) is 0 Å². The molecule has 1 aromatic rings. The van der Waals surface area contributed by atoms with Gasteiger partial charge in [0.25, 0.3) is 11.5 Å². The maximum absolute atomic E-state index is 12.8. The zero-order valence-electron chi connectivity index (χ0n) is 15.5. The number of amides is 1. The molecule has 1 aliphatic heterocycles.